The Bertz CT molecular complexity index is 292. The maximum absolute atomic E-state index is 13.6. The predicted octanol–water partition coefficient (Wildman–Crippen LogP) is 2.98. The molecule has 0 atom stereocenters. The monoisotopic (exact) mass is 196 g/mol. The van der Waals surface area contributed by atoms with Crippen LogP contribution in [-0.2, 0) is 11.1 Å². The molecule has 0 aliphatic rings. The van der Waals surface area contributed by atoms with Crippen molar-refractivity contribution < 1.29 is 4.39 Å². The number of halogens is 1. The lowest BCUT2D eigenvalue weighted by Crippen LogP contribution is -2.18. The van der Waals surface area contributed by atoms with Crippen LogP contribution in [0.4, 0.5) is 4.39 Å². The van der Waals surface area contributed by atoms with Crippen molar-refractivity contribution in [2.24, 2.45) is 0 Å². The molecule has 2 nitrogen and oxygen atoms in total. The Morgan fingerprint density at radius 2 is 1.50 bits per heavy atom. The van der Waals surface area contributed by atoms with E-state index in [1.807, 2.05) is 20.8 Å². The minimum atomic E-state index is -1.40. The van der Waals surface area contributed by atoms with Gasteiger partial charge in [-0.15, -0.1) is 0 Å². The van der Waals surface area contributed by atoms with Crippen LogP contribution in [0.25, 0.3) is 0 Å². The van der Waals surface area contributed by atoms with Gasteiger partial charge in [-0.25, -0.2) is 14.4 Å². The van der Waals surface area contributed by atoms with Crippen LogP contribution in [0, 0.1) is 0 Å². The van der Waals surface area contributed by atoms with E-state index in [9.17, 15) is 4.39 Å². The molecule has 0 aliphatic carbocycles. The summed E-state index contributed by atoms with van der Waals surface area (Å²) in [5.74, 6) is 0. The van der Waals surface area contributed by atoms with Crippen LogP contribution in [0.2, 0.25) is 0 Å². The van der Waals surface area contributed by atoms with Crippen molar-refractivity contribution in [3.8, 4) is 0 Å². The molecule has 1 heterocycles. The fourth-order valence-corrected chi connectivity index (χ4v) is 1.09. The zero-order valence-corrected chi connectivity index (χ0v) is 9.43. The molecule has 0 fully saturated rings. The zero-order valence-electron chi connectivity index (χ0n) is 9.43. The highest BCUT2D eigenvalue weighted by molar-refractivity contribution is 5.19. The molecule has 1 aromatic heterocycles. The van der Waals surface area contributed by atoms with E-state index in [0.29, 0.717) is 5.69 Å². The number of hydrogen-bond acceptors (Lipinski definition) is 2. The van der Waals surface area contributed by atoms with Crippen molar-refractivity contribution in [1.82, 2.24) is 9.97 Å². The van der Waals surface area contributed by atoms with Crippen molar-refractivity contribution in [3.63, 3.8) is 0 Å². The fourth-order valence-electron chi connectivity index (χ4n) is 1.09. The van der Waals surface area contributed by atoms with Gasteiger partial charge in [0.15, 0.2) is 0 Å². The van der Waals surface area contributed by atoms with Gasteiger partial charge in [-0.05, 0) is 19.9 Å². The lowest BCUT2D eigenvalue weighted by Gasteiger charge is -2.20. The van der Waals surface area contributed by atoms with Crippen LogP contribution in [0.1, 0.15) is 46.0 Å². The summed E-state index contributed by atoms with van der Waals surface area (Å²) < 4.78 is 13.6. The van der Waals surface area contributed by atoms with Gasteiger partial charge >= 0.3 is 0 Å². The lowest BCUT2D eigenvalue weighted by atomic mass is 9.90. The zero-order chi connectivity index (χ0) is 11.0. The highest BCUT2D eigenvalue weighted by Crippen LogP contribution is 2.26. The summed E-state index contributed by atoms with van der Waals surface area (Å²) in [4.78, 5) is 8.08. The Morgan fingerprint density at radius 3 is 1.93 bits per heavy atom. The van der Waals surface area contributed by atoms with Crippen molar-refractivity contribution in [3.05, 3.63) is 23.8 Å². The van der Waals surface area contributed by atoms with E-state index >= 15 is 0 Å². The molecule has 0 spiro atoms. The maximum atomic E-state index is 13.6. The first-order chi connectivity index (χ1) is 6.21. The van der Waals surface area contributed by atoms with Crippen LogP contribution in [0.3, 0.4) is 0 Å². The molecule has 1 rings (SSSR count). The number of nitrogens with zero attached hydrogens (tertiary/aromatic N) is 2. The van der Waals surface area contributed by atoms with Crippen LogP contribution >= 0.6 is 0 Å². The minimum Gasteiger partial charge on any atom is -0.241 e. The predicted molar refractivity (Wildman–Crippen MR) is 54.9 cm³/mol. The fraction of sp³-hybridized carbons (Fsp3) is 0.636. The van der Waals surface area contributed by atoms with Crippen molar-refractivity contribution in [2.75, 3.05) is 0 Å². The SMILES string of the molecule is CC(C)(C)c1cc(C(C)(C)F)ncn1. The highest BCUT2D eigenvalue weighted by atomic mass is 19.1. The van der Waals surface area contributed by atoms with E-state index in [1.54, 1.807) is 6.07 Å². The second-order valence-electron chi connectivity index (χ2n) is 5.01. The minimum absolute atomic E-state index is 0.0665. The molecule has 0 aliphatic heterocycles. The Hall–Kier alpha value is -0.990. The third kappa shape index (κ3) is 2.50. The number of rotatable bonds is 1. The molecule has 0 radical (unpaired) electrons. The first-order valence-electron chi connectivity index (χ1n) is 4.73. The topological polar surface area (TPSA) is 25.8 Å². The van der Waals surface area contributed by atoms with E-state index in [0.717, 1.165) is 5.69 Å². The molecular weight excluding hydrogens is 179 g/mol. The summed E-state index contributed by atoms with van der Waals surface area (Å²) in [5.41, 5.74) is -0.156. The largest absolute Gasteiger partial charge is 0.241 e. The first-order valence-corrected chi connectivity index (χ1v) is 4.73. The molecule has 0 saturated carbocycles. The summed E-state index contributed by atoms with van der Waals surface area (Å²) in [7, 11) is 0. The average Bonchev–Trinajstić information content (AvgIpc) is 2.01. The maximum Gasteiger partial charge on any atom is 0.147 e. The Labute approximate surface area is 84.6 Å². The normalized spacial score (nSPS) is 13.0. The summed E-state index contributed by atoms with van der Waals surface area (Å²) in [6.45, 7) is 9.14. The lowest BCUT2D eigenvalue weighted by molar-refractivity contribution is 0.213. The molecule has 14 heavy (non-hydrogen) atoms. The third-order valence-electron chi connectivity index (χ3n) is 2.04. The van der Waals surface area contributed by atoms with Gasteiger partial charge in [0.1, 0.15) is 12.0 Å². The quantitative estimate of drug-likeness (QED) is 0.690. The van der Waals surface area contributed by atoms with E-state index in [-0.39, 0.29) is 5.41 Å². The van der Waals surface area contributed by atoms with Gasteiger partial charge in [-0.3, -0.25) is 0 Å². The Kier molecular flexibility index (Phi) is 2.61. The van der Waals surface area contributed by atoms with Crippen LogP contribution < -0.4 is 0 Å². The van der Waals surface area contributed by atoms with Crippen molar-refractivity contribution in [1.29, 1.82) is 0 Å². The van der Waals surface area contributed by atoms with Crippen molar-refractivity contribution in [2.45, 2.75) is 45.7 Å². The van der Waals surface area contributed by atoms with Crippen LogP contribution in [0.15, 0.2) is 12.4 Å². The molecular formula is C11H17FN2. The standard InChI is InChI=1S/C11H17FN2/c1-10(2,3)8-6-9(11(4,5)12)14-7-13-8/h6-7H,1-5H3. The first kappa shape index (κ1) is 11.1. The highest BCUT2D eigenvalue weighted by Gasteiger charge is 2.23. The molecule has 78 valence electrons. The molecule has 1 aromatic rings. The molecule has 0 saturated heterocycles. The average molecular weight is 196 g/mol. The Balaban J connectivity index is 3.15. The van der Waals surface area contributed by atoms with Crippen molar-refractivity contribution >= 4 is 0 Å². The number of aromatic nitrogens is 2. The molecule has 0 N–H and O–H groups in total. The van der Waals surface area contributed by atoms with Gasteiger partial charge in [0, 0.05) is 11.1 Å². The van der Waals surface area contributed by atoms with E-state index < -0.39 is 5.67 Å². The van der Waals surface area contributed by atoms with Gasteiger partial charge in [0.05, 0.1) is 5.69 Å². The number of hydrogen-bond donors (Lipinski definition) is 0. The van der Waals surface area contributed by atoms with Crippen LogP contribution in [0.5, 0.6) is 0 Å². The van der Waals surface area contributed by atoms with E-state index in [2.05, 4.69) is 9.97 Å². The smallest absolute Gasteiger partial charge is 0.147 e. The Morgan fingerprint density at radius 1 is 1.00 bits per heavy atom. The third-order valence-corrected chi connectivity index (χ3v) is 2.04. The molecule has 0 amide bonds. The van der Waals surface area contributed by atoms with E-state index in [1.165, 1.54) is 20.2 Å². The van der Waals surface area contributed by atoms with Gasteiger partial charge in [0.2, 0.25) is 0 Å². The number of alkyl halides is 1. The second-order valence-corrected chi connectivity index (χ2v) is 5.01. The summed E-state index contributed by atoms with van der Waals surface area (Å²) in [5, 5.41) is 0. The second kappa shape index (κ2) is 3.30. The summed E-state index contributed by atoms with van der Waals surface area (Å²) in [6, 6.07) is 1.74. The molecule has 0 bridgehead atoms. The van der Waals surface area contributed by atoms with Gasteiger partial charge in [0.25, 0.3) is 0 Å². The summed E-state index contributed by atoms with van der Waals surface area (Å²) in [6.07, 6.45) is 1.43. The molecule has 0 unspecified atom stereocenters. The van der Waals surface area contributed by atoms with Gasteiger partial charge in [-0.1, -0.05) is 20.8 Å². The van der Waals surface area contributed by atoms with Crippen LogP contribution in [-0.4, -0.2) is 9.97 Å². The molecule has 0 aromatic carbocycles. The van der Waals surface area contributed by atoms with Gasteiger partial charge in [-0.2, -0.15) is 0 Å². The molecule has 3 heteroatoms. The van der Waals surface area contributed by atoms with Gasteiger partial charge < -0.3 is 0 Å². The summed E-state index contributed by atoms with van der Waals surface area (Å²) >= 11 is 0. The van der Waals surface area contributed by atoms with E-state index in [4.69, 9.17) is 0 Å².